The molecular weight excluding hydrogens is 224 g/mol. The first-order valence-corrected chi connectivity index (χ1v) is 6.45. The number of benzene rings is 1. The van der Waals surface area contributed by atoms with Crippen LogP contribution in [0.2, 0.25) is 0 Å². The van der Waals surface area contributed by atoms with Gasteiger partial charge in [0, 0.05) is 19.5 Å². The zero-order valence-electron chi connectivity index (χ0n) is 10.7. The predicted molar refractivity (Wildman–Crippen MR) is 70.0 cm³/mol. The molecule has 1 saturated heterocycles. The van der Waals surface area contributed by atoms with Crippen LogP contribution in [-0.4, -0.2) is 23.9 Å². The van der Waals surface area contributed by atoms with Gasteiger partial charge in [0.2, 0.25) is 5.91 Å². The highest BCUT2D eigenvalue weighted by Gasteiger charge is 2.23. The van der Waals surface area contributed by atoms with Gasteiger partial charge in [-0.3, -0.25) is 4.79 Å². The lowest BCUT2D eigenvalue weighted by Crippen LogP contribution is -2.28. The summed E-state index contributed by atoms with van der Waals surface area (Å²) in [6.45, 7) is 3.69. The molecule has 0 radical (unpaired) electrons. The molecular formula is C15H18N2O. The van der Waals surface area contributed by atoms with Crippen molar-refractivity contribution in [2.45, 2.75) is 32.1 Å². The third-order valence-corrected chi connectivity index (χ3v) is 3.56. The molecule has 1 aliphatic heterocycles. The molecule has 2 rings (SSSR count). The number of aryl methyl sites for hydroxylation is 1. The van der Waals surface area contributed by atoms with Gasteiger partial charge >= 0.3 is 0 Å². The van der Waals surface area contributed by atoms with Crippen LogP contribution >= 0.6 is 0 Å². The molecule has 0 bridgehead atoms. The Bertz CT molecular complexity index is 470. The highest BCUT2D eigenvalue weighted by atomic mass is 16.2. The summed E-state index contributed by atoms with van der Waals surface area (Å²) < 4.78 is 0. The number of rotatable bonds is 3. The van der Waals surface area contributed by atoms with E-state index in [0.717, 1.165) is 37.1 Å². The summed E-state index contributed by atoms with van der Waals surface area (Å²) in [5.41, 5.74) is 2.06. The molecule has 94 valence electrons. The summed E-state index contributed by atoms with van der Waals surface area (Å²) in [7, 11) is 0. The van der Waals surface area contributed by atoms with Gasteiger partial charge in [-0.15, -0.1) is 0 Å². The van der Waals surface area contributed by atoms with Gasteiger partial charge in [-0.1, -0.05) is 24.3 Å². The first-order chi connectivity index (χ1) is 8.72. The molecule has 1 amide bonds. The SMILES string of the molecule is Cc1ccccc1C(C#N)CC(=O)N1CCCC1. The molecule has 18 heavy (non-hydrogen) atoms. The topological polar surface area (TPSA) is 44.1 Å². The van der Waals surface area contributed by atoms with Gasteiger partial charge in [0.15, 0.2) is 0 Å². The zero-order chi connectivity index (χ0) is 13.0. The average Bonchev–Trinajstić information content (AvgIpc) is 2.90. The number of nitriles is 1. The van der Waals surface area contributed by atoms with Crippen LogP contribution in [0.15, 0.2) is 24.3 Å². The lowest BCUT2D eigenvalue weighted by atomic mass is 9.93. The van der Waals surface area contributed by atoms with Crippen molar-refractivity contribution in [3.05, 3.63) is 35.4 Å². The number of likely N-dealkylation sites (tertiary alicyclic amines) is 1. The molecule has 1 aromatic carbocycles. The van der Waals surface area contributed by atoms with E-state index < -0.39 is 0 Å². The summed E-state index contributed by atoms with van der Waals surface area (Å²) in [6.07, 6.45) is 2.49. The summed E-state index contributed by atoms with van der Waals surface area (Å²) in [4.78, 5) is 14.0. The Morgan fingerprint density at radius 3 is 2.67 bits per heavy atom. The second-order valence-electron chi connectivity index (χ2n) is 4.83. The second-order valence-corrected chi connectivity index (χ2v) is 4.83. The molecule has 0 N–H and O–H groups in total. The van der Waals surface area contributed by atoms with E-state index in [2.05, 4.69) is 6.07 Å². The standard InChI is InChI=1S/C15H18N2O/c1-12-6-2-3-7-14(12)13(11-16)10-15(18)17-8-4-5-9-17/h2-3,6-7,13H,4-5,8-10H2,1H3. The average molecular weight is 242 g/mol. The number of hydrogen-bond donors (Lipinski definition) is 0. The largest absolute Gasteiger partial charge is 0.343 e. The molecule has 1 aliphatic rings. The van der Waals surface area contributed by atoms with Crippen molar-refractivity contribution in [3.63, 3.8) is 0 Å². The minimum Gasteiger partial charge on any atom is -0.343 e. The zero-order valence-corrected chi connectivity index (χ0v) is 10.7. The van der Waals surface area contributed by atoms with Crippen molar-refractivity contribution in [3.8, 4) is 6.07 Å². The lowest BCUT2D eigenvalue weighted by Gasteiger charge is -2.18. The fraction of sp³-hybridized carbons (Fsp3) is 0.467. The van der Waals surface area contributed by atoms with Gasteiger partial charge < -0.3 is 4.90 Å². The number of hydrogen-bond acceptors (Lipinski definition) is 2. The van der Waals surface area contributed by atoms with Crippen LogP contribution in [-0.2, 0) is 4.79 Å². The third kappa shape index (κ3) is 2.70. The molecule has 3 heteroatoms. The van der Waals surface area contributed by atoms with Crippen molar-refractivity contribution in [2.24, 2.45) is 0 Å². The molecule has 1 atom stereocenters. The molecule has 0 aromatic heterocycles. The number of amides is 1. The van der Waals surface area contributed by atoms with Crippen molar-refractivity contribution < 1.29 is 4.79 Å². The van der Waals surface area contributed by atoms with Crippen LogP contribution in [0.4, 0.5) is 0 Å². The summed E-state index contributed by atoms with van der Waals surface area (Å²) >= 11 is 0. The van der Waals surface area contributed by atoms with Crippen molar-refractivity contribution in [1.29, 1.82) is 5.26 Å². The third-order valence-electron chi connectivity index (χ3n) is 3.56. The normalized spacial score (nSPS) is 16.3. The van der Waals surface area contributed by atoms with Crippen LogP contribution < -0.4 is 0 Å². The molecule has 0 saturated carbocycles. The Labute approximate surface area is 108 Å². The van der Waals surface area contributed by atoms with E-state index in [1.54, 1.807) is 0 Å². The van der Waals surface area contributed by atoms with Gasteiger partial charge in [-0.2, -0.15) is 5.26 Å². The van der Waals surface area contributed by atoms with Gasteiger partial charge in [0.1, 0.15) is 0 Å². The van der Waals surface area contributed by atoms with Gasteiger partial charge in [0.05, 0.1) is 12.0 Å². The number of nitrogens with zero attached hydrogens (tertiary/aromatic N) is 2. The molecule has 3 nitrogen and oxygen atoms in total. The fourth-order valence-electron chi connectivity index (χ4n) is 2.47. The smallest absolute Gasteiger partial charge is 0.224 e. The van der Waals surface area contributed by atoms with Crippen molar-refractivity contribution in [2.75, 3.05) is 13.1 Å². The summed E-state index contributed by atoms with van der Waals surface area (Å²) in [6, 6.07) is 10.1. The number of carbonyl (C=O) groups is 1. The van der Waals surface area contributed by atoms with Crippen LogP contribution in [0, 0.1) is 18.3 Å². The van der Waals surface area contributed by atoms with Crippen LogP contribution in [0.25, 0.3) is 0 Å². The van der Waals surface area contributed by atoms with Gasteiger partial charge in [-0.05, 0) is 30.9 Å². The minimum atomic E-state index is -0.320. The lowest BCUT2D eigenvalue weighted by molar-refractivity contribution is -0.130. The van der Waals surface area contributed by atoms with Crippen LogP contribution in [0.5, 0.6) is 0 Å². The highest BCUT2D eigenvalue weighted by Crippen LogP contribution is 2.24. The Balaban J connectivity index is 2.08. The van der Waals surface area contributed by atoms with E-state index in [4.69, 9.17) is 0 Å². The molecule has 1 fully saturated rings. The monoisotopic (exact) mass is 242 g/mol. The predicted octanol–water partition coefficient (Wildman–Crippen LogP) is 2.61. The van der Waals surface area contributed by atoms with E-state index in [1.165, 1.54) is 0 Å². The maximum Gasteiger partial charge on any atom is 0.224 e. The summed E-state index contributed by atoms with van der Waals surface area (Å²) in [5.74, 6) is -0.207. The maximum atomic E-state index is 12.1. The van der Waals surface area contributed by atoms with Crippen LogP contribution in [0.1, 0.15) is 36.3 Å². The maximum absolute atomic E-state index is 12.1. The minimum absolute atomic E-state index is 0.113. The van der Waals surface area contributed by atoms with Gasteiger partial charge in [-0.25, -0.2) is 0 Å². The second kappa shape index (κ2) is 5.68. The molecule has 1 heterocycles. The Kier molecular flexibility index (Phi) is 3.99. The van der Waals surface area contributed by atoms with E-state index in [1.807, 2.05) is 36.1 Å². The number of carbonyl (C=O) groups excluding carboxylic acids is 1. The van der Waals surface area contributed by atoms with Crippen molar-refractivity contribution >= 4 is 5.91 Å². The quantitative estimate of drug-likeness (QED) is 0.817. The Morgan fingerprint density at radius 1 is 1.39 bits per heavy atom. The molecule has 1 aromatic rings. The first-order valence-electron chi connectivity index (χ1n) is 6.45. The molecule has 0 aliphatic carbocycles. The van der Waals surface area contributed by atoms with E-state index >= 15 is 0 Å². The molecule has 1 unspecified atom stereocenters. The first kappa shape index (κ1) is 12.6. The highest BCUT2D eigenvalue weighted by molar-refractivity contribution is 5.78. The van der Waals surface area contributed by atoms with Crippen molar-refractivity contribution in [1.82, 2.24) is 4.90 Å². The van der Waals surface area contributed by atoms with E-state index in [9.17, 15) is 10.1 Å². The van der Waals surface area contributed by atoms with Gasteiger partial charge in [0.25, 0.3) is 0 Å². The Hall–Kier alpha value is -1.82. The summed E-state index contributed by atoms with van der Waals surface area (Å²) in [5, 5.41) is 9.27. The molecule has 0 spiro atoms. The van der Waals surface area contributed by atoms with E-state index in [-0.39, 0.29) is 11.8 Å². The fourth-order valence-corrected chi connectivity index (χ4v) is 2.47. The Morgan fingerprint density at radius 2 is 2.06 bits per heavy atom. The van der Waals surface area contributed by atoms with E-state index in [0.29, 0.717) is 6.42 Å². The van der Waals surface area contributed by atoms with Crippen LogP contribution in [0.3, 0.4) is 0 Å².